The summed E-state index contributed by atoms with van der Waals surface area (Å²) in [5.74, 6) is -2.32. The van der Waals surface area contributed by atoms with Crippen molar-refractivity contribution in [2.45, 2.75) is 0 Å². The monoisotopic (exact) mass is 417 g/mol. The Kier molecular flexibility index (Phi) is 7.13. The van der Waals surface area contributed by atoms with Crippen LogP contribution in [-0.4, -0.2) is 36.4 Å². The molecule has 3 rings (SSSR count). The van der Waals surface area contributed by atoms with Crippen LogP contribution in [0.3, 0.4) is 0 Å². The average molecular weight is 417 g/mol. The molecule has 0 atom stereocenters. The topological polar surface area (TPSA) is 119 Å². The fourth-order valence-corrected chi connectivity index (χ4v) is 2.61. The number of hydrogen-bond donors (Lipinski definition) is 2. The van der Waals surface area contributed by atoms with Gasteiger partial charge in [0.05, 0.1) is 23.3 Å². The molecule has 3 aromatic rings. The molecule has 0 aliphatic heterocycles. The van der Waals surface area contributed by atoms with Crippen molar-refractivity contribution in [3.05, 3.63) is 83.7 Å². The molecule has 7 nitrogen and oxygen atoms in total. The van der Waals surface area contributed by atoms with Crippen LogP contribution in [0.2, 0.25) is 0 Å². The maximum atomic E-state index is 14.3. The minimum atomic E-state index is -1.68. The minimum Gasteiger partial charge on any atom is -0.444 e. The van der Waals surface area contributed by atoms with Crippen LogP contribution in [0.15, 0.2) is 60.7 Å². The lowest BCUT2D eigenvalue weighted by Gasteiger charge is -2.20. The van der Waals surface area contributed by atoms with Crippen LogP contribution in [0.25, 0.3) is 0 Å². The zero-order chi connectivity index (χ0) is 22.4. The summed E-state index contributed by atoms with van der Waals surface area (Å²) >= 11 is 0. The van der Waals surface area contributed by atoms with E-state index in [9.17, 15) is 18.8 Å². The van der Waals surface area contributed by atoms with Crippen molar-refractivity contribution in [1.29, 1.82) is 10.5 Å². The Bertz CT molecular complexity index is 1070. The van der Waals surface area contributed by atoms with Gasteiger partial charge in [0.2, 0.25) is 11.9 Å². The highest BCUT2D eigenvalue weighted by atomic mass is 19.1. The molecule has 150 valence electrons. The number of hydrogen-bond acceptors (Lipinski definition) is 7. The Balaban J connectivity index is 1.86. The van der Waals surface area contributed by atoms with Gasteiger partial charge >= 0.3 is 21.4 Å². The molecule has 0 saturated heterocycles. The van der Waals surface area contributed by atoms with Crippen molar-refractivity contribution in [3.63, 3.8) is 0 Å². The van der Waals surface area contributed by atoms with E-state index in [-0.39, 0.29) is 16.4 Å². The molecule has 0 aliphatic rings. The van der Waals surface area contributed by atoms with Crippen molar-refractivity contribution in [1.82, 2.24) is 4.98 Å². The van der Waals surface area contributed by atoms with Gasteiger partial charge in [-0.05, 0) is 41.3 Å². The molecule has 0 saturated carbocycles. The summed E-state index contributed by atoms with van der Waals surface area (Å²) in [6.45, 7) is 0. The molecule has 0 bridgehead atoms. The third-order valence-electron chi connectivity index (χ3n) is 4.25. The van der Waals surface area contributed by atoms with Crippen LogP contribution >= 0.6 is 0 Å². The van der Waals surface area contributed by atoms with E-state index in [0.717, 1.165) is 12.1 Å². The van der Waals surface area contributed by atoms with E-state index in [0.29, 0.717) is 11.1 Å². The standard InChI is InChI=1S/C19H12B3F2N3O4/c23-18-10-9-17(19(24)27-18)22(30-20(28)15-5-1-13(11-25)2-6-15)31-21(29)16-7-3-14(12-26)4-8-16/h1-10,28-29H. The summed E-state index contributed by atoms with van der Waals surface area (Å²) < 4.78 is 38.3. The van der Waals surface area contributed by atoms with Crippen molar-refractivity contribution < 1.29 is 28.0 Å². The highest BCUT2D eigenvalue weighted by Crippen LogP contribution is 2.04. The second-order valence-corrected chi connectivity index (χ2v) is 6.29. The third kappa shape index (κ3) is 5.54. The Morgan fingerprint density at radius 1 is 0.742 bits per heavy atom. The predicted octanol–water partition coefficient (Wildman–Crippen LogP) is -0.393. The molecule has 2 N–H and O–H groups in total. The first-order valence-electron chi connectivity index (χ1n) is 8.90. The van der Waals surface area contributed by atoms with E-state index >= 15 is 0 Å². The number of halogens is 2. The van der Waals surface area contributed by atoms with E-state index in [1.165, 1.54) is 48.5 Å². The number of nitrogens with zero attached hydrogens (tertiary/aromatic N) is 3. The van der Waals surface area contributed by atoms with Crippen LogP contribution in [-0.2, 0) is 9.14 Å². The van der Waals surface area contributed by atoms with E-state index in [1.54, 1.807) is 0 Å². The summed E-state index contributed by atoms with van der Waals surface area (Å²) in [7, 11) is -4.94. The number of benzene rings is 2. The normalized spacial score (nSPS) is 10.1. The zero-order valence-corrected chi connectivity index (χ0v) is 15.8. The molecule has 0 radical (unpaired) electrons. The van der Waals surface area contributed by atoms with E-state index in [1.807, 2.05) is 12.1 Å². The van der Waals surface area contributed by atoms with E-state index < -0.39 is 33.3 Å². The Morgan fingerprint density at radius 3 is 1.58 bits per heavy atom. The molecule has 0 amide bonds. The van der Waals surface area contributed by atoms with Gasteiger partial charge < -0.3 is 19.2 Å². The molecule has 0 spiro atoms. The van der Waals surface area contributed by atoms with Crippen LogP contribution in [0.1, 0.15) is 11.1 Å². The van der Waals surface area contributed by atoms with Gasteiger partial charge in [-0.3, -0.25) is 0 Å². The van der Waals surface area contributed by atoms with Crippen molar-refractivity contribution in [3.8, 4) is 12.1 Å². The fraction of sp³-hybridized carbons (Fsp3) is 0. The molecule has 12 heteroatoms. The zero-order valence-electron chi connectivity index (χ0n) is 15.8. The van der Waals surface area contributed by atoms with Crippen molar-refractivity contribution in [2.24, 2.45) is 0 Å². The Hall–Kier alpha value is -3.54. The number of pyridine rings is 1. The van der Waals surface area contributed by atoms with Gasteiger partial charge in [0.25, 0.3) is 0 Å². The molecular formula is C19H12B3F2N3O4. The molecule has 0 fully saturated rings. The second kappa shape index (κ2) is 9.98. The second-order valence-electron chi connectivity index (χ2n) is 6.29. The molecule has 0 aliphatic carbocycles. The van der Waals surface area contributed by atoms with Gasteiger partial charge in [-0.2, -0.15) is 24.3 Å². The first kappa shape index (κ1) is 22.2. The number of aromatic nitrogens is 1. The quantitative estimate of drug-likeness (QED) is 0.397. The molecular weight excluding hydrogens is 405 g/mol. The van der Waals surface area contributed by atoms with Crippen LogP contribution in [0.4, 0.5) is 8.78 Å². The van der Waals surface area contributed by atoms with E-state index in [2.05, 4.69) is 4.98 Å². The predicted molar refractivity (Wildman–Crippen MR) is 109 cm³/mol. The lowest BCUT2D eigenvalue weighted by Crippen LogP contribution is -2.52. The van der Waals surface area contributed by atoms with Crippen LogP contribution < -0.4 is 16.4 Å². The van der Waals surface area contributed by atoms with Crippen LogP contribution in [0, 0.1) is 34.6 Å². The lowest BCUT2D eigenvalue weighted by atomic mass is 9.67. The summed E-state index contributed by atoms with van der Waals surface area (Å²) in [5.41, 5.74) is 0.816. The average Bonchev–Trinajstić information content (AvgIpc) is 2.78. The maximum absolute atomic E-state index is 14.3. The smallest absolute Gasteiger partial charge is 0.444 e. The minimum absolute atomic E-state index is 0.232. The molecule has 0 unspecified atom stereocenters. The van der Waals surface area contributed by atoms with Gasteiger partial charge in [-0.25, -0.2) is 0 Å². The van der Waals surface area contributed by atoms with Gasteiger partial charge in [-0.15, -0.1) is 0 Å². The summed E-state index contributed by atoms with van der Waals surface area (Å²) in [4.78, 5) is 3.07. The molecule has 2 aromatic carbocycles. The number of nitriles is 2. The highest BCUT2D eigenvalue weighted by molar-refractivity contribution is 6.79. The highest BCUT2D eigenvalue weighted by Gasteiger charge is 2.35. The molecule has 1 aromatic heterocycles. The van der Waals surface area contributed by atoms with Gasteiger partial charge in [-0.1, -0.05) is 30.3 Å². The maximum Gasteiger partial charge on any atom is 0.477 e. The Morgan fingerprint density at radius 2 is 1.19 bits per heavy atom. The van der Waals surface area contributed by atoms with Gasteiger partial charge in [0, 0.05) is 5.46 Å². The summed E-state index contributed by atoms with van der Waals surface area (Å²) in [5, 5.41) is 38.5. The molecule has 31 heavy (non-hydrogen) atoms. The lowest BCUT2D eigenvalue weighted by molar-refractivity contribution is 0.354. The largest absolute Gasteiger partial charge is 0.477 e. The van der Waals surface area contributed by atoms with Gasteiger partial charge in [0.15, 0.2) is 0 Å². The Labute approximate surface area is 177 Å². The van der Waals surface area contributed by atoms with Crippen molar-refractivity contribution >= 4 is 37.7 Å². The third-order valence-corrected chi connectivity index (χ3v) is 4.25. The fourth-order valence-electron chi connectivity index (χ4n) is 2.61. The van der Waals surface area contributed by atoms with Gasteiger partial charge in [0.1, 0.15) is 0 Å². The SMILES string of the molecule is N#Cc1ccc(B(O)OB(OB(O)c2ccc(C#N)cc2)c2ccc(F)nc2F)cc1. The van der Waals surface area contributed by atoms with Crippen molar-refractivity contribution in [2.75, 3.05) is 0 Å². The summed E-state index contributed by atoms with van der Waals surface area (Å²) in [6.07, 6.45) is 0. The van der Waals surface area contributed by atoms with E-state index in [4.69, 9.17) is 19.7 Å². The molecule has 1 heterocycles. The summed E-state index contributed by atoms with van der Waals surface area (Å²) in [6, 6.07) is 17.3. The first-order chi connectivity index (χ1) is 14.9. The number of rotatable bonds is 7. The first-order valence-corrected chi connectivity index (χ1v) is 8.90. The van der Waals surface area contributed by atoms with Crippen LogP contribution in [0.5, 0.6) is 0 Å².